The standard InChI is InChI=1S/C19H24F2N4OS/c1-10-15(27-18(23-10)17(26)24-11-6-5-7-11)13-9-22-14(25-19(2,3)4)8-12(13)16(20)21/h8-9,11,16H,5-7H2,1-4H3,(H,22,25)(H,24,26). The number of aromatic nitrogens is 2. The second kappa shape index (κ2) is 7.50. The van der Waals surface area contributed by atoms with Crippen molar-refractivity contribution in [2.45, 2.75) is 65.0 Å². The molecule has 1 aliphatic carbocycles. The number of anilines is 1. The molecule has 27 heavy (non-hydrogen) atoms. The molecule has 0 unspecified atom stereocenters. The molecule has 1 fully saturated rings. The van der Waals surface area contributed by atoms with Crippen LogP contribution in [0.4, 0.5) is 14.6 Å². The predicted molar refractivity (Wildman–Crippen MR) is 104 cm³/mol. The van der Waals surface area contributed by atoms with E-state index in [1.807, 2.05) is 20.8 Å². The molecule has 8 heteroatoms. The highest BCUT2D eigenvalue weighted by molar-refractivity contribution is 7.17. The van der Waals surface area contributed by atoms with Crippen LogP contribution in [-0.2, 0) is 0 Å². The summed E-state index contributed by atoms with van der Waals surface area (Å²) in [5, 5.41) is 6.34. The molecule has 0 bridgehead atoms. The molecular weight excluding hydrogens is 370 g/mol. The maximum atomic E-state index is 13.7. The fourth-order valence-corrected chi connectivity index (χ4v) is 3.84. The monoisotopic (exact) mass is 394 g/mol. The van der Waals surface area contributed by atoms with Gasteiger partial charge in [0.05, 0.1) is 10.6 Å². The number of hydrogen-bond donors (Lipinski definition) is 2. The van der Waals surface area contributed by atoms with Gasteiger partial charge in [-0.25, -0.2) is 18.7 Å². The predicted octanol–water partition coefficient (Wildman–Crippen LogP) is 4.94. The van der Waals surface area contributed by atoms with Crippen molar-refractivity contribution in [3.63, 3.8) is 0 Å². The van der Waals surface area contributed by atoms with Gasteiger partial charge in [0.25, 0.3) is 12.3 Å². The average molecular weight is 394 g/mol. The lowest BCUT2D eigenvalue weighted by molar-refractivity contribution is 0.0916. The number of rotatable bonds is 5. The maximum absolute atomic E-state index is 13.7. The van der Waals surface area contributed by atoms with Gasteiger partial charge in [0, 0.05) is 28.9 Å². The summed E-state index contributed by atoms with van der Waals surface area (Å²) >= 11 is 1.13. The molecule has 0 aliphatic heterocycles. The topological polar surface area (TPSA) is 66.9 Å². The van der Waals surface area contributed by atoms with Crippen LogP contribution in [0.3, 0.4) is 0 Å². The molecule has 146 valence electrons. The second-order valence-corrected chi connectivity index (χ2v) is 8.87. The van der Waals surface area contributed by atoms with Crippen LogP contribution < -0.4 is 10.6 Å². The van der Waals surface area contributed by atoms with Crippen LogP contribution in [0, 0.1) is 6.92 Å². The zero-order chi connectivity index (χ0) is 19.8. The molecule has 0 radical (unpaired) electrons. The molecule has 1 aliphatic rings. The number of carbonyl (C=O) groups is 1. The van der Waals surface area contributed by atoms with Gasteiger partial charge in [0.15, 0.2) is 5.01 Å². The van der Waals surface area contributed by atoms with Gasteiger partial charge in [0.1, 0.15) is 5.82 Å². The van der Waals surface area contributed by atoms with Gasteiger partial charge in [0.2, 0.25) is 0 Å². The van der Waals surface area contributed by atoms with Crippen molar-refractivity contribution in [2.24, 2.45) is 0 Å². The molecule has 1 amide bonds. The molecule has 2 heterocycles. The van der Waals surface area contributed by atoms with Gasteiger partial charge >= 0.3 is 0 Å². The number of halogens is 2. The van der Waals surface area contributed by atoms with Gasteiger partial charge in [-0.1, -0.05) is 0 Å². The summed E-state index contributed by atoms with van der Waals surface area (Å²) in [6.07, 6.45) is 1.85. The summed E-state index contributed by atoms with van der Waals surface area (Å²) in [6, 6.07) is 1.57. The summed E-state index contributed by atoms with van der Waals surface area (Å²) in [5.74, 6) is 0.156. The van der Waals surface area contributed by atoms with Crippen molar-refractivity contribution in [3.8, 4) is 10.4 Å². The Morgan fingerprint density at radius 1 is 1.33 bits per heavy atom. The number of pyridine rings is 1. The Bertz CT molecular complexity index is 841. The number of nitrogens with zero attached hydrogens (tertiary/aromatic N) is 2. The van der Waals surface area contributed by atoms with E-state index in [2.05, 4.69) is 20.6 Å². The molecular formula is C19H24F2N4OS. The van der Waals surface area contributed by atoms with Crippen molar-refractivity contribution in [1.29, 1.82) is 0 Å². The first kappa shape index (κ1) is 19.7. The van der Waals surface area contributed by atoms with Crippen molar-refractivity contribution in [3.05, 3.63) is 28.5 Å². The third-order valence-electron chi connectivity index (χ3n) is 4.35. The molecule has 3 rings (SSSR count). The molecule has 2 N–H and O–H groups in total. The summed E-state index contributed by atoms with van der Waals surface area (Å²) in [4.78, 5) is 21.5. The summed E-state index contributed by atoms with van der Waals surface area (Å²) in [7, 11) is 0. The number of alkyl halides is 2. The molecule has 0 spiro atoms. The van der Waals surface area contributed by atoms with Crippen molar-refractivity contribution >= 4 is 23.1 Å². The molecule has 0 saturated heterocycles. The minimum Gasteiger partial charge on any atom is -0.365 e. The van der Waals surface area contributed by atoms with E-state index < -0.39 is 6.43 Å². The van der Waals surface area contributed by atoms with Crippen molar-refractivity contribution in [2.75, 3.05) is 5.32 Å². The molecule has 1 saturated carbocycles. The maximum Gasteiger partial charge on any atom is 0.280 e. The lowest BCUT2D eigenvalue weighted by Crippen LogP contribution is -2.39. The van der Waals surface area contributed by atoms with Gasteiger partial charge in [-0.15, -0.1) is 11.3 Å². The van der Waals surface area contributed by atoms with Gasteiger partial charge in [-0.2, -0.15) is 0 Å². The van der Waals surface area contributed by atoms with E-state index in [0.717, 1.165) is 30.6 Å². The molecule has 2 aromatic rings. The lowest BCUT2D eigenvalue weighted by atomic mass is 9.93. The highest BCUT2D eigenvalue weighted by Crippen LogP contribution is 2.37. The highest BCUT2D eigenvalue weighted by atomic mass is 32.1. The van der Waals surface area contributed by atoms with E-state index in [0.29, 0.717) is 27.0 Å². The lowest BCUT2D eigenvalue weighted by Gasteiger charge is -2.25. The minimum atomic E-state index is -2.66. The smallest absolute Gasteiger partial charge is 0.280 e. The number of hydrogen-bond acceptors (Lipinski definition) is 5. The number of aryl methyl sites for hydroxylation is 1. The highest BCUT2D eigenvalue weighted by Gasteiger charge is 2.25. The number of carbonyl (C=O) groups excluding carboxylic acids is 1. The van der Waals surface area contributed by atoms with Crippen LogP contribution in [0.1, 0.15) is 67.5 Å². The Hall–Kier alpha value is -2.09. The molecule has 0 atom stereocenters. The number of amides is 1. The third kappa shape index (κ3) is 4.61. The van der Waals surface area contributed by atoms with Crippen LogP contribution in [0.15, 0.2) is 12.3 Å². The van der Waals surface area contributed by atoms with E-state index in [4.69, 9.17) is 0 Å². The largest absolute Gasteiger partial charge is 0.365 e. The zero-order valence-electron chi connectivity index (χ0n) is 15.9. The minimum absolute atomic E-state index is 0.116. The zero-order valence-corrected chi connectivity index (χ0v) is 16.7. The normalized spacial score (nSPS) is 14.9. The van der Waals surface area contributed by atoms with E-state index >= 15 is 0 Å². The Kier molecular flexibility index (Phi) is 5.46. The van der Waals surface area contributed by atoms with Crippen LogP contribution in [0.2, 0.25) is 0 Å². The first-order valence-corrected chi connectivity index (χ1v) is 9.80. The van der Waals surface area contributed by atoms with E-state index in [9.17, 15) is 13.6 Å². The number of thiazole rings is 1. The third-order valence-corrected chi connectivity index (χ3v) is 5.54. The first-order valence-electron chi connectivity index (χ1n) is 8.99. The van der Waals surface area contributed by atoms with Gasteiger partial charge in [-0.3, -0.25) is 4.79 Å². The van der Waals surface area contributed by atoms with Crippen LogP contribution in [0.5, 0.6) is 0 Å². The fraction of sp³-hybridized carbons (Fsp3) is 0.526. The van der Waals surface area contributed by atoms with Crippen LogP contribution in [-0.4, -0.2) is 27.5 Å². The average Bonchev–Trinajstić information content (AvgIpc) is 2.91. The summed E-state index contributed by atoms with van der Waals surface area (Å²) < 4.78 is 27.4. The molecule has 0 aromatic carbocycles. The van der Waals surface area contributed by atoms with Crippen molar-refractivity contribution in [1.82, 2.24) is 15.3 Å². The van der Waals surface area contributed by atoms with Crippen LogP contribution >= 0.6 is 11.3 Å². The molecule has 5 nitrogen and oxygen atoms in total. The first-order chi connectivity index (χ1) is 12.6. The Morgan fingerprint density at radius 3 is 2.59 bits per heavy atom. The van der Waals surface area contributed by atoms with Gasteiger partial charge in [-0.05, 0) is 53.0 Å². The summed E-state index contributed by atoms with van der Waals surface area (Å²) in [6.45, 7) is 7.53. The molecule has 2 aromatic heterocycles. The van der Waals surface area contributed by atoms with Crippen LogP contribution in [0.25, 0.3) is 10.4 Å². The van der Waals surface area contributed by atoms with E-state index in [-0.39, 0.29) is 23.1 Å². The SMILES string of the molecule is Cc1nc(C(=O)NC2CCC2)sc1-c1cnc(NC(C)(C)C)cc1C(F)F. The fourth-order valence-electron chi connectivity index (χ4n) is 2.84. The summed E-state index contributed by atoms with van der Waals surface area (Å²) in [5.41, 5.74) is 0.469. The Labute approximate surface area is 161 Å². The van der Waals surface area contributed by atoms with Gasteiger partial charge < -0.3 is 10.6 Å². The quantitative estimate of drug-likeness (QED) is 0.753. The van der Waals surface area contributed by atoms with Crippen molar-refractivity contribution < 1.29 is 13.6 Å². The second-order valence-electron chi connectivity index (χ2n) is 7.87. The van der Waals surface area contributed by atoms with E-state index in [1.54, 1.807) is 6.92 Å². The number of nitrogens with one attached hydrogen (secondary N) is 2. The Balaban J connectivity index is 1.91. The Morgan fingerprint density at radius 2 is 2.04 bits per heavy atom. The van der Waals surface area contributed by atoms with E-state index in [1.165, 1.54) is 12.3 Å².